The topological polar surface area (TPSA) is 35.1 Å². The molecule has 1 unspecified atom stereocenters. The number of cyclic esters (lactones) is 1. The van der Waals surface area contributed by atoms with Gasteiger partial charge in [0.1, 0.15) is 5.41 Å². The number of nitrogens with zero attached hydrogens (tertiary/aromatic N) is 2. The highest BCUT2D eigenvalue weighted by Crippen LogP contribution is 2.43. The fraction of sp³-hybridized carbons (Fsp3) is 0.304. The van der Waals surface area contributed by atoms with Crippen LogP contribution in [0.5, 0.6) is 0 Å². The molecule has 0 aliphatic carbocycles. The largest absolute Gasteiger partial charge is 1.00 e. The monoisotopic (exact) mass is 396 g/mol. The smallest absolute Gasteiger partial charge is 0.321 e. The molecule has 2 heterocycles. The number of ether oxygens (including phenoxy) is 1. The first-order chi connectivity index (χ1) is 13.1. The van der Waals surface area contributed by atoms with Crippen molar-refractivity contribution in [2.75, 3.05) is 0 Å². The van der Waals surface area contributed by atoms with E-state index in [0.29, 0.717) is 13.0 Å². The van der Waals surface area contributed by atoms with Crippen LogP contribution < -0.4 is 17.1 Å². The average Bonchev–Trinajstić information content (AvgIpc) is 3.23. The van der Waals surface area contributed by atoms with E-state index < -0.39 is 5.41 Å². The van der Waals surface area contributed by atoms with Crippen molar-refractivity contribution in [3.63, 3.8) is 0 Å². The van der Waals surface area contributed by atoms with Gasteiger partial charge in [0.25, 0.3) is 0 Å². The summed E-state index contributed by atoms with van der Waals surface area (Å²) in [6.45, 7) is 5.78. The summed E-state index contributed by atoms with van der Waals surface area (Å²) in [7, 11) is 0. The number of hydrogen-bond acceptors (Lipinski definition) is 2. The van der Waals surface area contributed by atoms with E-state index in [1.807, 2.05) is 60.7 Å². The third-order valence-corrected chi connectivity index (χ3v) is 5.58. The van der Waals surface area contributed by atoms with Crippen molar-refractivity contribution in [3.05, 3.63) is 89.7 Å². The molecule has 0 radical (unpaired) electrons. The number of carbonyl (C=O) groups is 1. The van der Waals surface area contributed by atoms with Gasteiger partial charge in [-0.1, -0.05) is 60.7 Å². The molecule has 1 aliphatic heterocycles. The highest BCUT2D eigenvalue weighted by atomic mass is 35.5. The summed E-state index contributed by atoms with van der Waals surface area (Å²) in [6.07, 6.45) is 2.54. The first kappa shape index (κ1) is 20.2. The van der Waals surface area contributed by atoms with Gasteiger partial charge in [0.2, 0.25) is 6.54 Å². The lowest BCUT2D eigenvalue weighted by molar-refractivity contribution is -0.780. The zero-order valence-corrected chi connectivity index (χ0v) is 17.0. The van der Waals surface area contributed by atoms with Crippen LogP contribution in [0.25, 0.3) is 0 Å². The minimum atomic E-state index is -0.744. The maximum absolute atomic E-state index is 13.2. The predicted molar refractivity (Wildman–Crippen MR) is 103 cm³/mol. The number of carbonyl (C=O) groups excluding carboxylic acids is 1. The highest BCUT2D eigenvalue weighted by Gasteiger charge is 2.52. The van der Waals surface area contributed by atoms with Crippen molar-refractivity contribution in [1.82, 2.24) is 4.68 Å². The first-order valence-electron chi connectivity index (χ1n) is 9.53. The van der Waals surface area contributed by atoms with Crippen LogP contribution >= 0.6 is 0 Å². The lowest BCUT2D eigenvalue weighted by atomic mass is 9.72. The molecule has 1 fully saturated rings. The van der Waals surface area contributed by atoms with Gasteiger partial charge in [0.15, 0.2) is 12.3 Å². The zero-order valence-electron chi connectivity index (χ0n) is 16.2. The summed E-state index contributed by atoms with van der Waals surface area (Å²) in [6, 6.07) is 22.1. The fourth-order valence-corrected chi connectivity index (χ4v) is 4.27. The van der Waals surface area contributed by atoms with Crippen LogP contribution in [0.15, 0.2) is 72.9 Å². The molecule has 1 atom stereocenters. The van der Waals surface area contributed by atoms with E-state index in [9.17, 15) is 4.79 Å². The Morgan fingerprint density at radius 1 is 1.04 bits per heavy atom. The van der Waals surface area contributed by atoms with Crippen LogP contribution in [0.2, 0.25) is 0 Å². The molecule has 5 heteroatoms. The van der Waals surface area contributed by atoms with E-state index in [1.54, 1.807) is 0 Å². The van der Waals surface area contributed by atoms with Crippen molar-refractivity contribution in [2.45, 2.75) is 44.9 Å². The van der Waals surface area contributed by atoms with Gasteiger partial charge in [-0.05, 0) is 25.0 Å². The molecular formula is C23H25ClN2O2. The first-order valence-corrected chi connectivity index (χ1v) is 9.53. The Hall–Kier alpha value is -2.59. The Balaban J connectivity index is 0.00000225. The number of aryl methyl sites for hydroxylation is 1. The van der Waals surface area contributed by atoms with Crippen LogP contribution in [0.3, 0.4) is 0 Å². The van der Waals surface area contributed by atoms with Gasteiger partial charge in [0, 0.05) is 12.5 Å². The van der Waals surface area contributed by atoms with Gasteiger partial charge in [-0.25, -0.2) is 0 Å². The summed E-state index contributed by atoms with van der Waals surface area (Å²) in [5.41, 5.74) is 2.46. The van der Waals surface area contributed by atoms with Crippen molar-refractivity contribution < 1.29 is 26.6 Å². The molecule has 0 saturated carbocycles. The fourth-order valence-electron chi connectivity index (χ4n) is 4.27. The number of benzene rings is 2. The van der Waals surface area contributed by atoms with E-state index >= 15 is 0 Å². The molecule has 0 amide bonds. The van der Waals surface area contributed by atoms with Crippen LogP contribution in [0.4, 0.5) is 0 Å². The molecule has 0 spiro atoms. The lowest BCUT2D eigenvalue weighted by Crippen LogP contribution is -3.00. The average molecular weight is 397 g/mol. The molecule has 1 saturated heterocycles. The number of esters is 1. The minimum absolute atomic E-state index is 0. The molecule has 0 N–H and O–H groups in total. The molecule has 4 nitrogen and oxygen atoms in total. The quantitative estimate of drug-likeness (QED) is 0.462. The van der Waals surface area contributed by atoms with Gasteiger partial charge in [-0.3, -0.25) is 4.79 Å². The Bertz CT molecular complexity index is 898. The van der Waals surface area contributed by atoms with E-state index in [1.165, 1.54) is 5.69 Å². The third kappa shape index (κ3) is 3.33. The molecular weight excluding hydrogens is 372 g/mol. The summed E-state index contributed by atoms with van der Waals surface area (Å²) in [5.74, 6) is -0.156. The van der Waals surface area contributed by atoms with Gasteiger partial charge in [-0.2, -0.15) is 4.68 Å². The SMILES string of the molecule is CCn1c(C)cc[n+]1CC1CC(c2ccccc2)(c2ccccc2)C(=O)O1.[Cl-]. The van der Waals surface area contributed by atoms with Gasteiger partial charge < -0.3 is 17.1 Å². The highest BCUT2D eigenvalue weighted by molar-refractivity contribution is 5.89. The number of halogens is 1. The predicted octanol–water partition coefficient (Wildman–Crippen LogP) is 0.410. The van der Waals surface area contributed by atoms with Crippen LogP contribution in [-0.2, 0) is 28.0 Å². The molecule has 3 aromatic rings. The Kier molecular flexibility index (Phi) is 5.90. The van der Waals surface area contributed by atoms with Crippen molar-refractivity contribution >= 4 is 5.97 Å². The van der Waals surface area contributed by atoms with E-state index in [2.05, 4.69) is 35.5 Å². The lowest BCUT2D eigenvalue weighted by Gasteiger charge is -2.26. The Labute approximate surface area is 172 Å². The molecule has 28 heavy (non-hydrogen) atoms. The number of aromatic nitrogens is 2. The molecule has 1 aliphatic rings. The standard InChI is InChI=1S/C23H25N2O2.ClH/c1-3-25-18(2)14-15-24(25)17-21-16-23(22(26)27-21,19-10-6-4-7-11-19)20-12-8-5-9-13-20;/h4-15,21H,3,16-17H2,1-2H3;1H/q+1;/p-1. The van der Waals surface area contributed by atoms with Crippen molar-refractivity contribution in [1.29, 1.82) is 0 Å². The molecule has 2 aromatic carbocycles. The second-order valence-electron chi connectivity index (χ2n) is 7.16. The van der Waals surface area contributed by atoms with Crippen molar-refractivity contribution in [2.24, 2.45) is 0 Å². The maximum Gasteiger partial charge on any atom is 0.321 e. The van der Waals surface area contributed by atoms with Crippen LogP contribution in [0.1, 0.15) is 30.2 Å². The van der Waals surface area contributed by atoms with Crippen LogP contribution in [-0.4, -0.2) is 16.8 Å². The normalized spacial score (nSPS) is 17.8. The third-order valence-electron chi connectivity index (χ3n) is 5.58. The van der Waals surface area contributed by atoms with Gasteiger partial charge in [-0.15, -0.1) is 4.68 Å². The zero-order chi connectivity index (χ0) is 18.9. The number of rotatable bonds is 5. The van der Waals surface area contributed by atoms with E-state index in [4.69, 9.17) is 4.74 Å². The Morgan fingerprint density at radius 2 is 1.61 bits per heavy atom. The molecule has 146 valence electrons. The molecule has 0 bridgehead atoms. The van der Waals surface area contributed by atoms with Crippen LogP contribution in [0, 0.1) is 6.92 Å². The molecule has 1 aromatic heterocycles. The van der Waals surface area contributed by atoms with Gasteiger partial charge in [0.05, 0.1) is 12.2 Å². The summed E-state index contributed by atoms with van der Waals surface area (Å²) < 4.78 is 10.3. The molecule has 4 rings (SSSR count). The summed E-state index contributed by atoms with van der Waals surface area (Å²) in [4.78, 5) is 13.2. The van der Waals surface area contributed by atoms with Gasteiger partial charge >= 0.3 is 5.97 Å². The minimum Gasteiger partial charge on any atom is -1.00 e. The van der Waals surface area contributed by atoms with E-state index in [-0.39, 0.29) is 24.5 Å². The Morgan fingerprint density at radius 3 is 2.14 bits per heavy atom. The van der Waals surface area contributed by atoms with Crippen molar-refractivity contribution in [3.8, 4) is 0 Å². The summed E-state index contributed by atoms with van der Waals surface area (Å²) >= 11 is 0. The number of hydrogen-bond donors (Lipinski definition) is 0. The van der Waals surface area contributed by atoms with E-state index in [0.717, 1.165) is 17.7 Å². The second-order valence-corrected chi connectivity index (χ2v) is 7.16. The second kappa shape index (κ2) is 8.19. The maximum atomic E-state index is 13.2. The summed E-state index contributed by atoms with van der Waals surface area (Å²) in [5, 5.41) is 0.